The summed E-state index contributed by atoms with van der Waals surface area (Å²) >= 11 is 0. The maximum atomic E-state index is 5.63. The molecule has 0 spiro atoms. The highest BCUT2D eigenvalue weighted by Crippen LogP contribution is 2.50. The fourth-order valence-electron chi connectivity index (χ4n) is 6.25. The predicted octanol–water partition coefficient (Wildman–Crippen LogP) is 8.38. The molecule has 0 N–H and O–H groups in total. The molecule has 0 radical (unpaired) electrons. The highest BCUT2D eigenvalue weighted by molar-refractivity contribution is 6.22. The first-order valence-electron chi connectivity index (χ1n) is 12.1. The van der Waals surface area contributed by atoms with Crippen molar-refractivity contribution >= 4 is 43.7 Å². The van der Waals surface area contributed by atoms with E-state index in [4.69, 9.17) is 4.42 Å². The molecule has 0 fully saturated rings. The van der Waals surface area contributed by atoms with Gasteiger partial charge in [-0.2, -0.15) is 0 Å². The summed E-state index contributed by atoms with van der Waals surface area (Å²) in [6.45, 7) is 4.69. The first-order valence-corrected chi connectivity index (χ1v) is 12.1. The van der Waals surface area contributed by atoms with E-state index < -0.39 is 0 Å². The normalized spacial score (nSPS) is 14.2. The first-order chi connectivity index (χ1) is 17.1. The minimum Gasteiger partial charge on any atom is -0.443 e. The Balaban J connectivity index is 1.50. The Kier molecular flexibility index (Phi) is 3.47. The molecule has 3 heteroatoms. The molecule has 0 unspecified atom stereocenters. The summed E-state index contributed by atoms with van der Waals surface area (Å²) in [5.41, 5.74) is 10.6. The molecule has 8 rings (SSSR count). The van der Waals surface area contributed by atoms with Crippen molar-refractivity contribution in [3.63, 3.8) is 0 Å². The van der Waals surface area contributed by atoms with Crippen LogP contribution in [-0.4, -0.2) is 9.55 Å². The Bertz CT molecular complexity index is 1990. The molecule has 5 aromatic carbocycles. The molecule has 0 saturated carbocycles. The van der Waals surface area contributed by atoms with Crippen molar-refractivity contribution in [2.75, 3.05) is 0 Å². The summed E-state index contributed by atoms with van der Waals surface area (Å²) < 4.78 is 7.98. The summed E-state index contributed by atoms with van der Waals surface area (Å²) in [4.78, 5) is 4.29. The Morgan fingerprint density at radius 3 is 2.51 bits per heavy atom. The summed E-state index contributed by atoms with van der Waals surface area (Å²) in [7, 11) is 0. The summed E-state index contributed by atoms with van der Waals surface area (Å²) in [5.74, 6) is 0. The van der Waals surface area contributed by atoms with Gasteiger partial charge in [0.05, 0.1) is 16.7 Å². The van der Waals surface area contributed by atoms with Gasteiger partial charge in [-0.05, 0) is 69.4 Å². The van der Waals surface area contributed by atoms with Crippen molar-refractivity contribution in [1.29, 1.82) is 0 Å². The van der Waals surface area contributed by atoms with Crippen LogP contribution in [0.25, 0.3) is 60.5 Å². The lowest BCUT2D eigenvalue weighted by molar-refractivity contribution is 0.602. The van der Waals surface area contributed by atoms with Gasteiger partial charge in [0.15, 0.2) is 12.0 Å². The van der Waals surface area contributed by atoms with E-state index in [0.29, 0.717) is 0 Å². The molecule has 2 heterocycles. The van der Waals surface area contributed by atoms with Crippen LogP contribution in [0.15, 0.2) is 102 Å². The Hall–Kier alpha value is -4.37. The van der Waals surface area contributed by atoms with Gasteiger partial charge in [-0.15, -0.1) is 0 Å². The molecule has 0 aliphatic heterocycles. The van der Waals surface area contributed by atoms with E-state index in [1.165, 1.54) is 61.2 Å². The van der Waals surface area contributed by atoms with Crippen molar-refractivity contribution in [3.8, 4) is 16.8 Å². The molecule has 0 saturated heterocycles. The van der Waals surface area contributed by atoms with Gasteiger partial charge in [0.2, 0.25) is 0 Å². The summed E-state index contributed by atoms with van der Waals surface area (Å²) in [6.07, 6.45) is 1.51. The number of nitrogens with zero attached hydrogens (tertiary/aromatic N) is 2. The third-order valence-corrected chi connectivity index (χ3v) is 7.93. The summed E-state index contributed by atoms with van der Waals surface area (Å²) in [6, 6.07) is 33.2. The van der Waals surface area contributed by atoms with Gasteiger partial charge < -0.3 is 8.98 Å². The van der Waals surface area contributed by atoms with Crippen LogP contribution >= 0.6 is 0 Å². The molecule has 7 aromatic rings. The third-order valence-electron chi connectivity index (χ3n) is 7.93. The third kappa shape index (κ3) is 2.37. The molecule has 2 aromatic heterocycles. The van der Waals surface area contributed by atoms with E-state index in [1.807, 2.05) is 6.07 Å². The SMILES string of the molecule is CC1(C)c2ccccc2-c2cc3ccc4c(c3cc21)c1ccccc1n4-c1ccc2ncoc2c1. The number of hydrogen-bond donors (Lipinski definition) is 0. The van der Waals surface area contributed by atoms with Gasteiger partial charge in [0, 0.05) is 22.3 Å². The van der Waals surface area contributed by atoms with Crippen LogP contribution in [0.2, 0.25) is 0 Å². The number of hydrogen-bond acceptors (Lipinski definition) is 2. The van der Waals surface area contributed by atoms with Gasteiger partial charge in [-0.25, -0.2) is 4.98 Å². The van der Waals surface area contributed by atoms with Crippen LogP contribution in [0.5, 0.6) is 0 Å². The Morgan fingerprint density at radius 2 is 1.57 bits per heavy atom. The van der Waals surface area contributed by atoms with Crippen molar-refractivity contribution in [3.05, 3.63) is 109 Å². The average molecular weight is 451 g/mol. The predicted molar refractivity (Wildman–Crippen MR) is 143 cm³/mol. The second-order valence-corrected chi connectivity index (χ2v) is 10.1. The van der Waals surface area contributed by atoms with Gasteiger partial charge >= 0.3 is 0 Å². The largest absolute Gasteiger partial charge is 0.443 e. The van der Waals surface area contributed by atoms with Crippen molar-refractivity contribution < 1.29 is 4.42 Å². The zero-order valence-corrected chi connectivity index (χ0v) is 19.5. The van der Waals surface area contributed by atoms with Crippen LogP contribution in [0.4, 0.5) is 0 Å². The zero-order valence-electron chi connectivity index (χ0n) is 19.5. The Morgan fingerprint density at radius 1 is 0.714 bits per heavy atom. The number of benzene rings is 5. The zero-order chi connectivity index (χ0) is 23.3. The fourth-order valence-corrected chi connectivity index (χ4v) is 6.25. The average Bonchev–Trinajstić information content (AvgIpc) is 3.55. The van der Waals surface area contributed by atoms with E-state index in [2.05, 4.69) is 108 Å². The van der Waals surface area contributed by atoms with Crippen molar-refractivity contribution in [2.24, 2.45) is 0 Å². The summed E-state index contributed by atoms with van der Waals surface area (Å²) in [5, 5.41) is 5.14. The molecule has 1 aliphatic carbocycles. The molecule has 0 amide bonds. The quantitative estimate of drug-likeness (QED) is 0.251. The van der Waals surface area contributed by atoms with Crippen LogP contribution < -0.4 is 0 Å². The molecular formula is C32H22N2O. The van der Waals surface area contributed by atoms with Gasteiger partial charge in [-0.3, -0.25) is 0 Å². The van der Waals surface area contributed by atoms with E-state index in [9.17, 15) is 0 Å². The van der Waals surface area contributed by atoms with Crippen molar-refractivity contribution in [1.82, 2.24) is 9.55 Å². The molecule has 166 valence electrons. The smallest absolute Gasteiger partial charge is 0.181 e. The maximum absolute atomic E-state index is 5.63. The molecular weight excluding hydrogens is 428 g/mol. The highest BCUT2D eigenvalue weighted by atomic mass is 16.3. The van der Waals surface area contributed by atoms with Crippen molar-refractivity contribution in [2.45, 2.75) is 19.3 Å². The monoisotopic (exact) mass is 450 g/mol. The molecule has 3 nitrogen and oxygen atoms in total. The molecule has 35 heavy (non-hydrogen) atoms. The number of aromatic nitrogens is 2. The number of fused-ring (bicyclic) bond motifs is 9. The number of oxazole rings is 1. The van der Waals surface area contributed by atoms with E-state index in [1.54, 1.807) is 0 Å². The first kappa shape index (κ1) is 19.0. The van der Waals surface area contributed by atoms with Crippen LogP contribution in [0, 0.1) is 0 Å². The highest BCUT2D eigenvalue weighted by Gasteiger charge is 2.35. The van der Waals surface area contributed by atoms with E-state index in [0.717, 1.165) is 16.8 Å². The number of rotatable bonds is 1. The Labute approximate surface area is 202 Å². The minimum absolute atomic E-state index is 0.0298. The fraction of sp³-hybridized carbons (Fsp3) is 0.0938. The maximum Gasteiger partial charge on any atom is 0.181 e. The van der Waals surface area contributed by atoms with E-state index >= 15 is 0 Å². The molecule has 0 bridgehead atoms. The standard InChI is InChI=1S/C32H22N2O/c1-32(2)25-9-5-3-7-21(25)24-15-19-11-14-29-31(23(19)17-26(24)32)22-8-4-6-10-28(22)34(29)20-12-13-27-30(16-20)35-18-33-27/h3-18H,1-2H3. The number of para-hydroxylation sites is 1. The second-order valence-electron chi connectivity index (χ2n) is 10.1. The lowest BCUT2D eigenvalue weighted by Crippen LogP contribution is -2.14. The van der Waals surface area contributed by atoms with Gasteiger partial charge in [0.25, 0.3) is 0 Å². The minimum atomic E-state index is -0.0298. The van der Waals surface area contributed by atoms with Gasteiger partial charge in [0.1, 0.15) is 5.52 Å². The molecule has 0 atom stereocenters. The second kappa shape index (κ2) is 6.39. The topological polar surface area (TPSA) is 31.0 Å². The van der Waals surface area contributed by atoms with Crippen LogP contribution in [0.1, 0.15) is 25.0 Å². The lowest BCUT2D eigenvalue weighted by Gasteiger charge is -2.21. The lowest BCUT2D eigenvalue weighted by atomic mass is 9.81. The van der Waals surface area contributed by atoms with Crippen LogP contribution in [-0.2, 0) is 5.41 Å². The van der Waals surface area contributed by atoms with Gasteiger partial charge in [-0.1, -0.05) is 62.4 Å². The van der Waals surface area contributed by atoms with Crippen LogP contribution in [0.3, 0.4) is 0 Å². The molecule has 1 aliphatic rings. The van der Waals surface area contributed by atoms with E-state index in [-0.39, 0.29) is 5.41 Å².